The fourth-order valence-corrected chi connectivity index (χ4v) is 6.43. The zero-order valence-electron chi connectivity index (χ0n) is 29.0. The topological polar surface area (TPSA) is 131 Å². The zero-order valence-corrected chi connectivity index (χ0v) is 23.8. The van der Waals surface area contributed by atoms with Crippen LogP contribution >= 0.6 is 0 Å². The van der Waals surface area contributed by atoms with Crippen molar-refractivity contribution in [1.82, 2.24) is 15.3 Å². The second kappa shape index (κ2) is 11.4. The van der Waals surface area contributed by atoms with Gasteiger partial charge in [-0.2, -0.15) is 4.98 Å². The van der Waals surface area contributed by atoms with Gasteiger partial charge < -0.3 is 15.2 Å². The summed E-state index contributed by atoms with van der Waals surface area (Å²) in [5.74, 6) is -1.61. The largest absolute Gasteiger partial charge is 0.478 e. The Kier molecular flexibility index (Phi) is 6.16. The molecule has 5 rings (SSSR count). The molecule has 41 heavy (non-hydrogen) atoms. The third-order valence-corrected chi connectivity index (χ3v) is 8.94. The number of benzene rings is 2. The molecule has 0 amide bonds. The number of carbonyl (C=O) groups is 1. The molecule has 218 valence electrons. The fourth-order valence-electron chi connectivity index (χ4n) is 5.44. The van der Waals surface area contributed by atoms with Crippen molar-refractivity contribution in [3.63, 3.8) is 0 Å². The number of sulfonamides is 1. The van der Waals surface area contributed by atoms with Crippen LogP contribution in [-0.2, 0) is 10.0 Å². The Hall–Kier alpha value is -3.50. The molecular formula is C31H38N4O5S. The number of hydrogen-bond donors (Lipinski definition) is 3. The van der Waals surface area contributed by atoms with E-state index in [2.05, 4.69) is 33.9 Å². The van der Waals surface area contributed by atoms with E-state index in [1.807, 2.05) is 0 Å². The molecule has 1 unspecified atom stereocenters. The van der Waals surface area contributed by atoms with E-state index in [1.54, 1.807) is 0 Å². The third kappa shape index (κ3) is 6.87. The first kappa shape index (κ1) is 22.1. The molecule has 1 aromatic heterocycles. The van der Waals surface area contributed by atoms with E-state index < -0.39 is 35.6 Å². The number of nitrogens with zero attached hydrogens (tertiary/aromatic N) is 2. The quantitative estimate of drug-likeness (QED) is 0.251. The standard InChI is InChI=1S/C31H38N4O5S/c1-19(2)13-23(32-24-16-31(17-24)11-12-31)18-40-27-15-26(28-20(3)7-5-8-21(28)4)33-30(34-27)35-41(38,39)25-10-6-9-22(14-25)29(36)37/h5-10,14-15,19,23-24,32H,11-13,16-18H2,1-4H3,(H,36,37)(H,33,34,35)/i3D3,4D3. The maximum absolute atomic E-state index is 13.4. The van der Waals surface area contributed by atoms with Gasteiger partial charge in [0.25, 0.3) is 10.0 Å². The summed E-state index contributed by atoms with van der Waals surface area (Å²) in [4.78, 5) is 19.6. The van der Waals surface area contributed by atoms with E-state index in [0.717, 1.165) is 25.3 Å². The van der Waals surface area contributed by atoms with Crippen LogP contribution in [0.5, 0.6) is 5.88 Å². The highest BCUT2D eigenvalue weighted by Crippen LogP contribution is 2.60. The second-order valence-corrected chi connectivity index (χ2v) is 13.2. The molecule has 0 bridgehead atoms. The SMILES string of the molecule is [2H]C([2H])([2H])c1cccc(C([2H])([2H])[2H])c1-c1cc(OCC(CC(C)C)NC2CC3(CC3)C2)nc(NS(=O)(=O)c2cccc(C(=O)O)c2)n1. The summed E-state index contributed by atoms with van der Waals surface area (Å²) in [5, 5.41) is 13.0. The lowest BCUT2D eigenvalue weighted by atomic mass is 9.76. The van der Waals surface area contributed by atoms with Crippen molar-refractivity contribution in [3.05, 3.63) is 65.2 Å². The van der Waals surface area contributed by atoms with E-state index in [9.17, 15) is 18.3 Å². The van der Waals surface area contributed by atoms with Crippen LogP contribution in [0.3, 0.4) is 0 Å². The van der Waals surface area contributed by atoms with Crippen molar-refractivity contribution in [1.29, 1.82) is 0 Å². The van der Waals surface area contributed by atoms with Crippen LogP contribution in [0.15, 0.2) is 53.4 Å². The number of hydrogen-bond acceptors (Lipinski definition) is 7. The normalized spacial score (nSPS) is 19.6. The first-order chi connectivity index (χ1) is 21.8. The Bertz CT molecular complexity index is 1720. The number of carboxylic acid groups (broad SMARTS) is 1. The lowest BCUT2D eigenvalue weighted by Crippen LogP contribution is -2.49. The van der Waals surface area contributed by atoms with E-state index in [1.165, 1.54) is 55.3 Å². The molecule has 2 aliphatic carbocycles. The van der Waals surface area contributed by atoms with Crippen LogP contribution in [0.4, 0.5) is 5.95 Å². The predicted molar refractivity (Wildman–Crippen MR) is 158 cm³/mol. The predicted octanol–water partition coefficient (Wildman–Crippen LogP) is 5.59. The number of carboxylic acids is 1. The second-order valence-electron chi connectivity index (χ2n) is 11.5. The Morgan fingerprint density at radius 1 is 1.12 bits per heavy atom. The van der Waals surface area contributed by atoms with Crippen molar-refractivity contribution >= 4 is 21.9 Å². The summed E-state index contributed by atoms with van der Waals surface area (Å²) >= 11 is 0. The van der Waals surface area contributed by atoms with Gasteiger partial charge in [-0.05, 0) is 86.5 Å². The molecule has 3 aromatic rings. The number of ether oxygens (including phenoxy) is 1. The minimum atomic E-state index is -4.45. The molecule has 9 nitrogen and oxygen atoms in total. The Morgan fingerprint density at radius 3 is 2.46 bits per heavy atom. The third-order valence-electron chi connectivity index (χ3n) is 7.62. The molecule has 0 radical (unpaired) electrons. The van der Waals surface area contributed by atoms with Gasteiger partial charge >= 0.3 is 5.97 Å². The molecule has 1 spiro atoms. The molecule has 2 fully saturated rings. The first-order valence-electron chi connectivity index (χ1n) is 16.6. The molecule has 1 atom stereocenters. The summed E-state index contributed by atoms with van der Waals surface area (Å²) in [6, 6.07) is 10.2. The van der Waals surface area contributed by atoms with Crippen molar-refractivity contribution in [2.45, 2.75) is 76.6 Å². The van der Waals surface area contributed by atoms with Crippen molar-refractivity contribution in [2.24, 2.45) is 11.3 Å². The minimum absolute atomic E-state index is 0.0685. The Morgan fingerprint density at radius 2 is 1.83 bits per heavy atom. The lowest BCUT2D eigenvalue weighted by molar-refractivity contribution is 0.0696. The van der Waals surface area contributed by atoms with Crippen molar-refractivity contribution < 1.29 is 31.3 Å². The highest BCUT2D eigenvalue weighted by atomic mass is 32.2. The minimum Gasteiger partial charge on any atom is -0.478 e. The first-order valence-corrected chi connectivity index (χ1v) is 15.1. The van der Waals surface area contributed by atoms with Gasteiger partial charge in [-0.1, -0.05) is 38.1 Å². The number of aromatic carboxylic acids is 1. The highest BCUT2D eigenvalue weighted by Gasteiger charge is 2.53. The smallest absolute Gasteiger partial charge is 0.335 e. The molecule has 10 heteroatoms. The summed E-state index contributed by atoms with van der Waals surface area (Å²) < 4.78 is 83.8. The van der Waals surface area contributed by atoms with Crippen LogP contribution in [0.1, 0.15) is 75.7 Å². The van der Waals surface area contributed by atoms with Crippen LogP contribution in [0, 0.1) is 25.0 Å². The van der Waals surface area contributed by atoms with Crippen LogP contribution in [0.2, 0.25) is 0 Å². The van der Waals surface area contributed by atoms with Gasteiger partial charge in [-0.15, -0.1) is 0 Å². The van der Waals surface area contributed by atoms with Gasteiger partial charge in [-0.3, -0.25) is 0 Å². The lowest BCUT2D eigenvalue weighted by Gasteiger charge is -2.39. The van der Waals surface area contributed by atoms with E-state index in [-0.39, 0.29) is 51.4 Å². The number of anilines is 1. The Balaban J connectivity index is 1.55. The van der Waals surface area contributed by atoms with Crippen molar-refractivity contribution in [3.8, 4) is 17.1 Å². The molecule has 1 heterocycles. The number of nitrogens with one attached hydrogen (secondary N) is 2. The average molecular weight is 585 g/mol. The zero-order chi connectivity index (χ0) is 34.4. The van der Waals surface area contributed by atoms with E-state index in [0.29, 0.717) is 17.4 Å². The molecule has 0 aliphatic heterocycles. The molecule has 0 saturated heterocycles. The number of rotatable bonds is 12. The molecule has 2 aromatic carbocycles. The van der Waals surface area contributed by atoms with E-state index in [4.69, 9.17) is 13.0 Å². The summed E-state index contributed by atoms with van der Waals surface area (Å²) in [5.41, 5.74) is -0.741. The fraction of sp³-hybridized carbons (Fsp3) is 0.452. The van der Waals surface area contributed by atoms with Crippen LogP contribution in [0.25, 0.3) is 11.3 Å². The van der Waals surface area contributed by atoms with Crippen LogP contribution in [-0.4, -0.2) is 48.2 Å². The molecule has 2 aliphatic rings. The monoisotopic (exact) mass is 584 g/mol. The maximum atomic E-state index is 13.4. The highest BCUT2D eigenvalue weighted by molar-refractivity contribution is 7.92. The maximum Gasteiger partial charge on any atom is 0.335 e. The summed E-state index contributed by atoms with van der Waals surface area (Å²) in [6.45, 7) is -1.15. The van der Waals surface area contributed by atoms with Gasteiger partial charge in [0.1, 0.15) is 6.61 Å². The van der Waals surface area contributed by atoms with Gasteiger partial charge in [-0.25, -0.2) is 22.9 Å². The van der Waals surface area contributed by atoms with Crippen molar-refractivity contribution in [2.75, 3.05) is 11.3 Å². The van der Waals surface area contributed by atoms with Gasteiger partial charge in [0.15, 0.2) is 0 Å². The Labute approximate surface area is 250 Å². The summed E-state index contributed by atoms with van der Waals surface area (Å²) in [7, 11) is -4.45. The number of aromatic nitrogens is 2. The van der Waals surface area contributed by atoms with Crippen LogP contribution < -0.4 is 14.8 Å². The van der Waals surface area contributed by atoms with Gasteiger partial charge in [0.2, 0.25) is 11.8 Å². The number of aryl methyl sites for hydroxylation is 2. The molecule has 3 N–H and O–H groups in total. The van der Waals surface area contributed by atoms with Gasteiger partial charge in [0.05, 0.1) is 16.2 Å². The molecular weight excluding hydrogens is 540 g/mol. The molecule has 2 saturated carbocycles. The average Bonchev–Trinajstić information content (AvgIpc) is 3.75. The van der Waals surface area contributed by atoms with Gasteiger partial charge in [0, 0.05) is 31.9 Å². The summed E-state index contributed by atoms with van der Waals surface area (Å²) in [6.07, 6.45) is 5.52. The van der Waals surface area contributed by atoms with E-state index >= 15 is 0 Å².